The molecule has 1 fully saturated rings. The number of aromatic nitrogens is 2. The standard InChI is InChI=1S/C21H29N3O2/c1-3-24-14-17(13-22-24)21-20(5-4-10-26-21)23-18-8-6-15-7-9-19(25-2)12-16(15)11-18/h7,9,12-14,18,20-21,23H,3-6,8,10-11H2,1-2H3/t18-,20+,21-/m1/s1. The maximum atomic E-state index is 6.15. The Morgan fingerprint density at radius 2 is 2.23 bits per heavy atom. The lowest BCUT2D eigenvalue weighted by molar-refractivity contribution is -0.0143. The van der Waals surface area contributed by atoms with E-state index in [-0.39, 0.29) is 6.10 Å². The van der Waals surface area contributed by atoms with Crippen molar-refractivity contribution in [1.29, 1.82) is 0 Å². The Morgan fingerprint density at radius 3 is 3.04 bits per heavy atom. The van der Waals surface area contributed by atoms with Gasteiger partial charge in [-0.2, -0.15) is 5.10 Å². The van der Waals surface area contributed by atoms with Crippen LogP contribution in [0.4, 0.5) is 0 Å². The molecule has 1 N–H and O–H groups in total. The molecule has 0 unspecified atom stereocenters. The lowest BCUT2D eigenvalue weighted by Crippen LogP contribution is -2.46. The highest BCUT2D eigenvalue weighted by Crippen LogP contribution is 2.31. The number of fused-ring (bicyclic) bond motifs is 1. The molecule has 4 rings (SSSR count). The Hall–Kier alpha value is -1.85. The van der Waals surface area contributed by atoms with Crippen molar-refractivity contribution in [2.45, 2.75) is 63.8 Å². The van der Waals surface area contributed by atoms with Gasteiger partial charge in [0.15, 0.2) is 0 Å². The summed E-state index contributed by atoms with van der Waals surface area (Å²) in [7, 11) is 1.74. The van der Waals surface area contributed by atoms with Crippen LogP contribution in [0.3, 0.4) is 0 Å². The van der Waals surface area contributed by atoms with Gasteiger partial charge >= 0.3 is 0 Å². The molecule has 0 saturated carbocycles. The van der Waals surface area contributed by atoms with Crippen LogP contribution in [-0.4, -0.2) is 35.6 Å². The van der Waals surface area contributed by atoms with E-state index in [2.05, 4.69) is 41.7 Å². The second-order valence-corrected chi connectivity index (χ2v) is 7.41. The zero-order valence-corrected chi connectivity index (χ0v) is 15.8. The number of hydrogen-bond donors (Lipinski definition) is 1. The molecule has 2 aliphatic rings. The van der Waals surface area contributed by atoms with Gasteiger partial charge in [-0.25, -0.2) is 0 Å². The van der Waals surface area contributed by atoms with E-state index in [1.54, 1.807) is 7.11 Å². The van der Waals surface area contributed by atoms with Crippen LogP contribution in [0.2, 0.25) is 0 Å². The molecule has 1 aliphatic heterocycles. The molecule has 3 atom stereocenters. The lowest BCUT2D eigenvalue weighted by Gasteiger charge is -2.36. The average Bonchev–Trinajstić information content (AvgIpc) is 3.17. The third kappa shape index (κ3) is 3.64. The van der Waals surface area contributed by atoms with E-state index in [1.807, 2.05) is 10.9 Å². The monoisotopic (exact) mass is 355 g/mol. The number of benzene rings is 1. The number of hydrogen-bond acceptors (Lipinski definition) is 4. The summed E-state index contributed by atoms with van der Waals surface area (Å²) in [6, 6.07) is 7.34. The van der Waals surface area contributed by atoms with Crippen molar-refractivity contribution in [3.63, 3.8) is 0 Å². The predicted molar refractivity (Wildman–Crippen MR) is 102 cm³/mol. The van der Waals surface area contributed by atoms with Gasteiger partial charge in [0.05, 0.1) is 13.3 Å². The van der Waals surface area contributed by atoms with Crippen molar-refractivity contribution in [3.8, 4) is 5.75 Å². The van der Waals surface area contributed by atoms with Crippen molar-refractivity contribution >= 4 is 0 Å². The van der Waals surface area contributed by atoms with Crippen LogP contribution in [-0.2, 0) is 24.1 Å². The summed E-state index contributed by atoms with van der Waals surface area (Å²) >= 11 is 0. The molecular weight excluding hydrogens is 326 g/mol. The van der Waals surface area contributed by atoms with Gasteiger partial charge in [-0.3, -0.25) is 4.68 Å². The highest BCUT2D eigenvalue weighted by molar-refractivity contribution is 5.38. The van der Waals surface area contributed by atoms with Crippen LogP contribution in [0.1, 0.15) is 49.0 Å². The van der Waals surface area contributed by atoms with Crippen molar-refractivity contribution in [2.75, 3.05) is 13.7 Å². The first kappa shape index (κ1) is 17.6. The first-order chi connectivity index (χ1) is 12.8. The van der Waals surface area contributed by atoms with Gasteiger partial charge in [-0.15, -0.1) is 0 Å². The predicted octanol–water partition coefficient (Wildman–Crippen LogP) is 3.28. The largest absolute Gasteiger partial charge is 0.497 e. The average molecular weight is 355 g/mol. The van der Waals surface area contributed by atoms with E-state index in [9.17, 15) is 0 Å². The minimum atomic E-state index is 0.107. The molecule has 0 spiro atoms. The fourth-order valence-electron chi connectivity index (χ4n) is 4.29. The van der Waals surface area contributed by atoms with E-state index < -0.39 is 0 Å². The first-order valence-electron chi connectivity index (χ1n) is 9.82. The SMILES string of the molecule is CCn1cc([C@H]2OCCC[C@@H]2N[C@@H]2CCc3ccc(OC)cc3C2)cn1. The second-order valence-electron chi connectivity index (χ2n) is 7.41. The van der Waals surface area contributed by atoms with Crippen molar-refractivity contribution in [3.05, 3.63) is 47.3 Å². The van der Waals surface area contributed by atoms with Gasteiger partial charge < -0.3 is 14.8 Å². The Kier molecular flexibility index (Phi) is 5.27. The molecule has 1 saturated heterocycles. The van der Waals surface area contributed by atoms with Crippen LogP contribution in [0, 0.1) is 0 Å². The van der Waals surface area contributed by atoms with E-state index in [0.717, 1.165) is 44.6 Å². The summed E-state index contributed by atoms with van der Waals surface area (Å²) < 4.78 is 13.5. The maximum absolute atomic E-state index is 6.15. The highest BCUT2D eigenvalue weighted by Gasteiger charge is 2.31. The smallest absolute Gasteiger partial charge is 0.119 e. The maximum Gasteiger partial charge on any atom is 0.119 e. The zero-order chi connectivity index (χ0) is 17.9. The fourth-order valence-corrected chi connectivity index (χ4v) is 4.29. The number of nitrogens with zero attached hydrogens (tertiary/aromatic N) is 2. The summed E-state index contributed by atoms with van der Waals surface area (Å²) in [5, 5.41) is 8.34. The minimum absolute atomic E-state index is 0.107. The Morgan fingerprint density at radius 1 is 1.31 bits per heavy atom. The molecule has 0 radical (unpaired) electrons. The molecule has 140 valence electrons. The summed E-state index contributed by atoms with van der Waals surface area (Å²) in [5.41, 5.74) is 4.08. The zero-order valence-electron chi connectivity index (χ0n) is 15.8. The summed E-state index contributed by atoms with van der Waals surface area (Å²) in [5.74, 6) is 0.954. The van der Waals surface area contributed by atoms with Gasteiger partial charge in [0, 0.05) is 37.0 Å². The van der Waals surface area contributed by atoms with Gasteiger partial charge in [-0.1, -0.05) is 6.07 Å². The summed E-state index contributed by atoms with van der Waals surface area (Å²) in [6.07, 6.45) is 9.84. The Balaban J connectivity index is 1.46. The third-order valence-electron chi connectivity index (χ3n) is 5.72. The Bertz CT molecular complexity index is 743. The van der Waals surface area contributed by atoms with Crippen molar-refractivity contribution in [1.82, 2.24) is 15.1 Å². The van der Waals surface area contributed by atoms with E-state index in [4.69, 9.17) is 9.47 Å². The van der Waals surface area contributed by atoms with Crippen LogP contribution in [0.5, 0.6) is 5.75 Å². The normalized spacial score (nSPS) is 25.7. The van der Waals surface area contributed by atoms with Gasteiger partial charge in [-0.05, 0) is 62.3 Å². The number of ether oxygens (including phenoxy) is 2. The minimum Gasteiger partial charge on any atom is -0.497 e. The molecule has 2 aromatic rings. The van der Waals surface area contributed by atoms with Gasteiger partial charge in [0.2, 0.25) is 0 Å². The van der Waals surface area contributed by atoms with Gasteiger partial charge in [0.1, 0.15) is 11.9 Å². The molecule has 2 heterocycles. The molecule has 1 aliphatic carbocycles. The van der Waals surface area contributed by atoms with Gasteiger partial charge in [0.25, 0.3) is 0 Å². The molecule has 0 bridgehead atoms. The molecule has 5 nitrogen and oxygen atoms in total. The van der Waals surface area contributed by atoms with E-state index in [0.29, 0.717) is 12.1 Å². The quantitative estimate of drug-likeness (QED) is 0.894. The first-order valence-corrected chi connectivity index (χ1v) is 9.82. The van der Waals surface area contributed by atoms with E-state index in [1.165, 1.54) is 23.1 Å². The molecule has 1 aromatic carbocycles. The topological polar surface area (TPSA) is 48.3 Å². The molecular formula is C21H29N3O2. The Labute approximate surface area is 155 Å². The van der Waals surface area contributed by atoms with Crippen LogP contribution >= 0.6 is 0 Å². The summed E-state index contributed by atoms with van der Waals surface area (Å²) in [4.78, 5) is 0. The number of nitrogens with one attached hydrogen (secondary N) is 1. The number of aryl methyl sites for hydroxylation is 2. The fraction of sp³-hybridized carbons (Fsp3) is 0.571. The molecule has 5 heteroatoms. The molecule has 1 aromatic heterocycles. The van der Waals surface area contributed by atoms with Crippen molar-refractivity contribution < 1.29 is 9.47 Å². The number of methoxy groups -OCH3 is 1. The third-order valence-corrected chi connectivity index (χ3v) is 5.72. The molecule has 26 heavy (non-hydrogen) atoms. The van der Waals surface area contributed by atoms with Crippen LogP contribution in [0.15, 0.2) is 30.6 Å². The van der Waals surface area contributed by atoms with Crippen LogP contribution in [0.25, 0.3) is 0 Å². The summed E-state index contributed by atoms with van der Waals surface area (Å²) in [6.45, 7) is 3.85. The van der Waals surface area contributed by atoms with Crippen LogP contribution < -0.4 is 10.1 Å². The number of rotatable bonds is 5. The lowest BCUT2D eigenvalue weighted by atomic mass is 9.86. The highest BCUT2D eigenvalue weighted by atomic mass is 16.5. The second kappa shape index (κ2) is 7.80. The van der Waals surface area contributed by atoms with Crippen molar-refractivity contribution in [2.24, 2.45) is 0 Å². The van der Waals surface area contributed by atoms with E-state index >= 15 is 0 Å². The molecule has 0 amide bonds.